The van der Waals surface area contributed by atoms with Crippen LogP contribution in [0.5, 0.6) is 5.75 Å². The van der Waals surface area contributed by atoms with Gasteiger partial charge in [0.2, 0.25) is 0 Å². The number of hydrogen-bond acceptors (Lipinski definition) is 7. The maximum atomic E-state index is 11.5. The fourth-order valence-electron chi connectivity index (χ4n) is 1.18. The van der Waals surface area contributed by atoms with Crippen molar-refractivity contribution in [3.05, 3.63) is 34.1 Å². The maximum Gasteiger partial charge on any atom is 0.297 e. The minimum absolute atomic E-state index is 0.00963. The summed E-state index contributed by atoms with van der Waals surface area (Å²) in [4.78, 5) is 21.3. The van der Waals surface area contributed by atoms with E-state index in [-0.39, 0.29) is 17.2 Å². The van der Waals surface area contributed by atoms with Crippen LogP contribution in [-0.4, -0.2) is 36.6 Å². The van der Waals surface area contributed by atoms with Crippen LogP contribution in [0.25, 0.3) is 0 Å². The van der Waals surface area contributed by atoms with Gasteiger partial charge in [-0.05, 0) is 11.3 Å². The number of aromatic nitrogens is 4. The maximum absolute atomic E-state index is 11.5. The van der Waals surface area contributed by atoms with Gasteiger partial charge in [-0.3, -0.25) is 14.9 Å². The highest BCUT2D eigenvalue weighted by Crippen LogP contribution is 2.27. The first-order valence-corrected chi connectivity index (χ1v) is 4.60. The van der Waals surface area contributed by atoms with E-state index < -0.39 is 16.6 Å². The molecule has 18 heavy (non-hydrogen) atoms. The Morgan fingerprint density at radius 2 is 2.28 bits per heavy atom. The van der Waals surface area contributed by atoms with E-state index in [0.717, 1.165) is 12.1 Å². The zero-order valence-corrected chi connectivity index (χ0v) is 8.69. The SMILES string of the molecule is O=C(Nc1ccc([N+](=O)[O-])cc1O)c1nn[nH]n1. The molecule has 2 aromatic rings. The number of amides is 1. The molecule has 0 atom stereocenters. The molecule has 92 valence electrons. The topological polar surface area (TPSA) is 147 Å². The van der Waals surface area contributed by atoms with Gasteiger partial charge in [-0.2, -0.15) is 5.21 Å². The van der Waals surface area contributed by atoms with Crippen molar-refractivity contribution < 1.29 is 14.8 Å². The predicted octanol–water partition coefficient (Wildman–Crippen LogP) is 0.0658. The first kappa shape index (κ1) is 11.4. The number of non-ortho nitro benzene ring substituents is 1. The van der Waals surface area contributed by atoms with Gasteiger partial charge in [0, 0.05) is 6.07 Å². The number of nitro groups is 1. The number of benzene rings is 1. The molecule has 0 saturated heterocycles. The number of anilines is 1. The molecule has 0 aliphatic heterocycles. The van der Waals surface area contributed by atoms with E-state index in [0.29, 0.717) is 0 Å². The monoisotopic (exact) mass is 250 g/mol. The van der Waals surface area contributed by atoms with E-state index in [1.165, 1.54) is 6.07 Å². The van der Waals surface area contributed by atoms with E-state index in [1.807, 2.05) is 0 Å². The number of carbonyl (C=O) groups excluding carboxylic acids is 1. The predicted molar refractivity (Wildman–Crippen MR) is 56.9 cm³/mol. The molecule has 1 aromatic carbocycles. The summed E-state index contributed by atoms with van der Waals surface area (Å²) in [6, 6.07) is 3.27. The van der Waals surface area contributed by atoms with Gasteiger partial charge in [0.25, 0.3) is 17.4 Å². The number of carbonyl (C=O) groups is 1. The molecule has 10 nitrogen and oxygen atoms in total. The molecule has 0 fully saturated rings. The van der Waals surface area contributed by atoms with E-state index in [9.17, 15) is 20.0 Å². The summed E-state index contributed by atoms with van der Waals surface area (Å²) in [5, 5.41) is 34.4. The molecule has 0 radical (unpaired) electrons. The first-order chi connectivity index (χ1) is 8.58. The van der Waals surface area contributed by atoms with Crippen molar-refractivity contribution in [2.24, 2.45) is 0 Å². The molecule has 3 N–H and O–H groups in total. The standard InChI is InChI=1S/C8H6N6O4/c15-6-3-4(14(17)18)1-2-5(6)9-8(16)7-10-12-13-11-7/h1-3,15H,(H,9,16)(H,10,11,12,13). The van der Waals surface area contributed by atoms with Crippen LogP contribution in [0, 0.1) is 10.1 Å². The van der Waals surface area contributed by atoms with Crippen LogP contribution in [0.3, 0.4) is 0 Å². The van der Waals surface area contributed by atoms with Gasteiger partial charge in [0.1, 0.15) is 5.75 Å². The zero-order chi connectivity index (χ0) is 13.1. The van der Waals surface area contributed by atoms with Crippen LogP contribution in [0.1, 0.15) is 10.6 Å². The average molecular weight is 250 g/mol. The van der Waals surface area contributed by atoms with Crippen molar-refractivity contribution in [2.75, 3.05) is 5.32 Å². The summed E-state index contributed by atoms with van der Waals surface area (Å²) in [5.41, 5.74) is -0.277. The third kappa shape index (κ3) is 2.21. The van der Waals surface area contributed by atoms with Gasteiger partial charge in [-0.15, -0.1) is 10.2 Å². The molecular weight excluding hydrogens is 244 g/mol. The van der Waals surface area contributed by atoms with Crippen molar-refractivity contribution in [3.8, 4) is 5.75 Å². The van der Waals surface area contributed by atoms with Crippen molar-refractivity contribution in [1.29, 1.82) is 0 Å². The Morgan fingerprint density at radius 1 is 1.50 bits per heavy atom. The fraction of sp³-hybridized carbons (Fsp3) is 0. The number of hydrogen-bond donors (Lipinski definition) is 3. The molecule has 10 heteroatoms. The fourth-order valence-corrected chi connectivity index (χ4v) is 1.18. The Kier molecular flexibility index (Phi) is 2.83. The lowest BCUT2D eigenvalue weighted by atomic mass is 10.2. The third-order valence-electron chi connectivity index (χ3n) is 1.99. The lowest BCUT2D eigenvalue weighted by molar-refractivity contribution is -0.384. The highest BCUT2D eigenvalue weighted by Gasteiger charge is 2.15. The van der Waals surface area contributed by atoms with Crippen molar-refractivity contribution in [3.63, 3.8) is 0 Å². The van der Waals surface area contributed by atoms with Crippen LogP contribution >= 0.6 is 0 Å². The summed E-state index contributed by atoms with van der Waals surface area (Å²) >= 11 is 0. The van der Waals surface area contributed by atoms with E-state index in [1.54, 1.807) is 0 Å². The van der Waals surface area contributed by atoms with Crippen LogP contribution in [-0.2, 0) is 0 Å². The van der Waals surface area contributed by atoms with Gasteiger partial charge in [-0.1, -0.05) is 0 Å². The molecule has 0 saturated carbocycles. The number of aromatic amines is 1. The van der Waals surface area contributed by atoms with Crippen LogP contribution < -0.4 is 5.32 Å². The van der Waals surface area contributed by atoms with Crippen LogP contribution in [0.15, 0.2) is 18.2 Å². The normalized spacial score (nSPS) is 10.0. The van der Waals surface area contributed by atoms with Crippen LogP contribution in [0.4, 0.5) is 11.4 Å². The van der Waals surface area contributed by atoms with Gasteiger partial charge in [0.05, 0.1) is 16.7 Å². The molecule has 1 aromatic heterocycles. The number of nitro benzene ring substituents is 1. The molecule has 0 bridgehead atoms. The van der Waals surface area contributed by atoms with Crippen molar-refractivity contribution >= 4 is 17.3 Å². The Morgan fingerprint density at radius 3 is 2.83 bits per heavy atom. The van der Waals surface area contributed by atoms with E-state index >= 15 is 0 Å². The second-order valence-electron chi connectivity index (χ2n) is 3.15. The number of aromatic hydroxyl groups is 1. The number of phenols is 1. The highest BCUT2D eigenvalue weighted by atomic mass is 16.6. The Labute approximate surface area is 98.8 Å². The third-order valence-corrected chi connectivity index (χ3v) is 1.99. The van der Waals surface area contributed by atoms with E-state index in [2.05, 4.69) is 25.9 Å². The molecular formula is C8H6N6O4. The molecule has 0 unspecified atom stereocenters. The highest BCUT2D eigenvalue weighted by molar-refractivity contribution is 6.02. The second kappa shape index (κ2) is 4.45. The largest absolute Gasteiger partial charge is 0.506 e. The second-order valence-corrected chi connectivity index (χ2v) is 3.15. The summed E-state index contributed by atoms with van der Waals surface area (Å²) in [6.07, 6.45) is 0. The smallest absolute Gasteiger partial charge is 0.297 e. The molecule has 1 amide bonds. The molecule has 2 rings (SSSR count). The lowest BCUT2D eigenvalue weighted by Crippen LogP contribution is -2.14. The van der Waals surface area contributed by atoms with Gasteiger partial charge < -0.3 is 10.4 Å². The van der Waals surface area contributed by atoms with Gasteiger partial charge >= 0.3 is 0 Å². The lowest BCUT2D eigenvalue weighted by Gasteiger charge is -2.04. The summed E-state index contributed by atoms with van der Waals surface area (Å²) < 4.78 is 0. The quantitative estimate of drug-likeness (QED) is 0.396. The van der Waals surface area contributed by atoms with E-state index in [4.69, 9.17) is 0 Å². The summed E-state index contributed by atoms with van der Waals surface area (Å²) in [5.74, 6) is -1.35. The van der Waals surface area contributed by atoms with Gasteiger partial charge in [0.15, 0.2) is 0 Å². The van der Waals surface area contributed by atoms with Crippen molar-refractivity contribution in [2.45, 2.75) is 0 Å². The number of tetrazole rings is 1. The van der Waals surface area contributed by atoms with Gasteiger partial charge in [-0.25, -0.2) is 0 Å². The first-order valence-electron chi connectivity index (χ1n) is 4.60. The Balaban J connectivity index is 2.20. The molecule has 1 heterocycles. The number of rotatable bonds is 3. The number of phenolic OH excluding ortho intramolecular Hbond substituents is 1. The number of nitrogens with one attached hydrogen (secondary N) is 2. The average Bonchev–Trinajstić information content (AvgIpc) is 2.85. The summed E-state index contributed by atoms with van der Waals surface area (Å²) in [7, 11) is 0. The molecule has 0 aliphatic carbocycles. The van der Waals surface area contributed by atoms with Crippen molar-refractivity contribution in [1.82, 2.24) is 20.6 Å². The zero-order valence-electron chi connectivity index (χ0n) is 8.69. The number of H-pyrrole nitrogens is 1. The summed E-state index contributed by atoms with van der Waals surface area (Å²) in [6.45, 7) is 0. The Hall–Kier alpha value is -3.04. The molecule has 0 aliphatic rings. The minimum Gasteiger partial charge on any atom is -0.506 e. The molecule has 0 spiro atoms. The minimum atomic E-state index is -0.701. The van der Waals surface area contributed by atoms with Crippen LogP contribution in [0.2, 0.25) is 0 Å². The number of nitrogens with zero attached hydrogens (tertiary/aromatic N) is 4. The Bertz CT molecular complexity index is 596.